The Kier molecular flexibility index (Phi) is 4.34. The Morgan fingerprint density at radius 1 is 1.38 bits per heavy atom. The highest BCUT2D eigenvalue weighted by molar-refractivity contribution is 7.89. The van der Waals surface area contributed by atoms with Crippen molar-refractivity contribution in [3.05, 3.63) is 29.6 Å². The first-order valence-electron chi connectivity index (χ1n) is 6.71. The molecule has 1 aromatic rings. The maximum absolute atomic E-state index is 13.9. The van der Waals surface area contributed by atoms with Crippen molar-refractivity contribution in [1.82, 2.24) is 4.31 Å². The molecule has 0 aromatic heterocycles. The zero-order chi connectivity index (χ0) is 15.8. The van der Waals surface area contributed by atoms with E-state index in [1.807, 2.05) is 0 Å². The lowest BCUT2D eigenvalue weighted by Gasteiger charge is -2.34. The van der Waals surface area contributed by atoms with Crippen molar-refractivity contribution in [2.24, 2.45) is 11.8 Å². The van der Waals surface area contributed by atoms with E-state index in [1.165, 1.54) is 19.1 Å². The third-order valence-corrected chi connectivity index (χ3v) is 5.75. The number of hydrogen-bond acceptors (Lipinski definition) is 3. The molecule has 1 saturated heterocycles. The van der Waals surface area contributed by atoms with Crippen LogP contribution in [0.1, 0.15) is 18.9 Å². The van der Waals surface area contributed by atoms with Crippen LogP contribution in [0.2, 0.25) is 0 Å². The van der Waals surface area contributed by atoms with E-state index in [0.717, 1.165) is 10.4 Å². The van der Waals surface area contributed by atoms with E-state index >= 15 is 0 Å². The van der Waals surface area contributed by atoms with Crippen LogP contribution in [0.5, 0.6) is 0 Å². The average Bonchev–Trinajstić information content (AvgIpc) is 2.37. The van der Waals surface area contributed by atoms with Gasteiger partial charge in [0.25, 0.3) is 0 Å². The molecule has 0 amide bonds. The van der Waals surface area contributed by atoms with Crippen LogP contribution in [0.3, 0.4) is 0 Å². The highest BCUT2D eigenvalue weighted by atomic mass is 32.2. The number of aliphatic carboxylic acids is 1. The maximum Gasteiger partial charge on any atom is 0.307 e. The number of carboxylic acids is 1. The number of carbonyl (C=O) groups is 1. The van der Waals surface area contributed by atoms with Crippen LogP contribution in [0, 0.1) is 24.6 Å². The van der Waals surface area contributed by atoms with E-state index in [1.54, 1.807) is 6.92 Å². The van der Waals surface area contributed by atoms with Gasteiger partial charge in [0.15, 0.2) is 0 Å². The highest BCUT2D eigenvalue weighted by Crippen LogP contribution is 2.29. The predicted molar refractivity (Wildman–Crippen MR) is 74.8 cm³/mol. The predicted octanol–water partition coefficient (Wildman–Crippen LogP) is 1.87. The lowest BCUT2D eigenvalue weighted by Crippen LogP contribution is -2.45. The minimum Gasteiger partial charge on any atom is -0.481 e. The number of halogens is 1. The van der Waals surface area contributed by atoms with Gasteiger partial charge in [-0.2, -0.15) is 4.31 Å². The summed E-state index contributed by atoms with van der Waals surface area (Å²) >= 11 is 0. The topological polar surface area (TPSA) is 74.7 Å². The fourth-order valence-corrected chi connectivity index (χ4v) is 4.62. The fourth-order valence-electron chi connectivity index (χ4n) is 2.75. The molecule has 21 heavy (non-hydrogen) atoms. The number of benzene rings is 1. The molecule has 0 bridgehead atoms. The van der Waals surface area contributed by atoms with Crippen molar-refractivity contribution in [2.45, 2.75) is 25.2 Å². The number of aryl methyl sites for hydroxylation is 1. The second-order valence-electron chi connectivity index (χ2n) is 5.58. The molecule has 1 aliphatic heterocycles. The van der Waals surface area contributed by atoms with Gasteiger partial charge in [0, 0.05) is 13.1 Å². The third kappa shape index (κ3) is 3.08. The number of carboxylic acid groups (broad SMARTS) is 1. The summed E-state index contributed by atoms with van der Waals surface area (Å²) in [6.45, 7) is 3.42. The molecule has 1 N–H and O–H groups in total. The summed E-state index contributed by atoms with van der Waals surface area (Å²) in [5.41, 5.74) is 0.320. The molecule has 1 aromatic carbocycles. The molecule has 0 saturated carbocycles. The van der Waals surface area contributed by atoms with Gasteiger partial charge in [-0.15, -0.1) is 0 Å². The summed E-state index contributed by atoms with van der Waals surface area (Å²) in [4.78, 5) is 10.8. The smallest absolute Gasteiger partial charge is 0.307 e. The number of sulfonamides is 1. The minimum atomic E-state index is -4.03. The summed E-state index contributed by atoms with van der Waals surface area (Å²) in [7, 11) is -4.03. The summed E-state index contributed by atoms with van der Waals surface area (Å²) in [6.07, 6.45) is 0.428. The second kappa shape index (κ2) is 5.73. The van der Waals surface area contributed by atoms with Gasteiger partial charge in [-0.25, -0.2) is 12.8 Å². The number of rotatable bonds is 3. The van der Waals surface area contributed by atoms with Crippen molar-refractivity contribution in [1.29, 1.82) is 0 Å². The fraction of sp³-hybridized carbons (Fsp3) is 0.500. The number of piperidine rings is 1. The molecular formula is C14H18FNO4S. The van der Waals surface area contributed by atoms with Gasteiger partial charge in [0.2, 0.25) is 10.0 Å². The van der Waals surface area contributed by atoms with Crippen molar-refractivity contribution in [3.63, 3.8) is 0 Å². The zero-order valence-electron chi connectivity index (χ0n) is 11.9. The van der Waals surface area contributed by atoms with Gasteiger partial charge in [0.05, 0.1) is 5.92 Å². The normalized spacial score (nSPS) is 24.0. The quantitative estimate of drug-likeness (QED) is 0.924. The van der Waals surface area contributed by atoms with Crippen LogP contribution in [0.4, 0.5) is 4.39 Å². The summed E-state index contributed by atoms with van der Waals surface area (Å²) < 4.78 is 40.3. The van der Waals surface area contributed by atoms with Gasteiger partial charge >= 0.3 is 5.97 Å². The molecule has 1 heterocycles. The number of hydrogen-bond donors (Lipinski definition) is 1. The molecule has 2 rings (SSSR count). The largest absolute Gasteiger partial charge is 0.481 e. The minimum absolute atomic E-state index is 0.0818. The van der Waals surface area contributed by atoms with Crippen LogP contribution in [0.15, 0.2) is 23.1 Å². The molecule has 0 radical (unpaired) electrons. The Morgan fingerprint density at radius 2 is 2.05 bits per heavy atom. The Morgan fingerprint density at radius 3 is 2.62 bits per heavy atom. The molecule has 116 valence electrons. The molecule has 2 atom stereocenters. The Balaban J connectivity index is 2.41. The van der Waals surface area contributed by atoms with E-state index in [9.17, 15) is 17.6 Å². The highest BCUT2D eigenvalue weighted by Gasteiger charge is 2.37. The summed E-state index contributed by atoms with van der Waals surface area (Å²) in [5, 5.41) is 9.12. The van der Waals surface area contributed by atoms with Crippen molar-refractivity contribution in [2.75, 3.05) is 13.1 Å². The van der Waals surface area contributed by atoms with E-state index in [-0.39, 0.29) is 23.9 Å². The van der Waals surface area contributed by atoms with Crippen molar-refractivity contribution >= 4 is 16.0 Å². The van der Waals surface area contributed by atoms with E-state index < -0.39 is 27.7 Å². The second-order valence-corrected chi connectivity index (χ2v) is 7.46. The Labute approximate surface area is 123 Å². The van der Waals surface area contributed by atoms with Crippen LogP contribution in [-0.4, -0.2) is 36.9 Å². The van der Waals surface area contributed by atoms with E-state index in [4.69, 9.17) is 5.11 Å². The maximum atomic E-state index is 13.9. The molecule has 1 aliphatic rings. The molecule has 0 spiro atoms. The van der Waals surface area contributed by atoms with Crippen molar-refractivity contribution in [3.8, 4) is 0 Å². The lowest BCUT2D eigenvalue weighted by atomic mass is 9.92. The van der Waals surface area contributed by atoms with Gasteiger partial charge < -0.3 is 5.11 Å². The molecular weight excluding hydrogens is 297 g/mol. The molecule has 2 unspecified atom stereocenters. The van der Waals surface area contributed by atoms with Gasteiger partial charge in [-0.3, -0.25) is 4.79 Å². The van der Waals surface area contributed by atoms with Gasteiger partial charge in [-0.1, -0.05) is 19.1 Å². The molecule has 7 heteroatoms. The average molecular weight is 315 g/mol. The van der Waals surface area contributed by atoms with Crippen LogP contribution >= 0.6 is 0 Å². The first-order chi connectivity index (χ1) is 9.73. The lowest BCUT2D eigenvalue weighted by molar-refractivity contribution is -0.143. The van der Waals surface area contributed by atoms with E-state index in [2.05, 4.69) is 0 Å². The van der Waals surface area contributed by atoms with Crippen molar-refractivity contribution < 1.29 is 22.7 Å². The number of nitrogens with zero attached hydrogens (tertiary/aromatic N) is 1. The summed E-state index contributed by atoms with van der Waals surface area (Å²) in [5.74, 6) is -2.66. The SMILES string of the molecule is Cc1cccc(F)c1S(=O)(=O)N1CC(C)CC(C(=O)O)C1. The monoisotopic (exact) mass is 315 g/mol. The van der Waals surface area contributed by atoms with E-state index in [0.29, 0.717) is 12.0 Å². The molecule has 0 aliphatic carbocycles. The van der Waals surface area contributed by atoms with Crippen LogP contribution < -0.4 is 0 Å². The van der Waals surface area contributed by atoms with Gasteiger partial charge in [-0.05, 0) is 30.9 Å². The van der Waals surface area contributed by atoms with Gasteiger partial charge in [0.1, 0.15) is 10.7 Å². The summed E-state index contributed by atoms with van der Waals surface area (Å²) in [6, 6.07) is 4.07. The first-order valence-corrected chi connectivity index (χ1v) is 8.15. The first kappa shape index (κ1) is 15.9. The zero-order valence-corrected chi connectivity index (χ0v) is 12.7. The molecule has 5 nitrogen and oxygen atoms in total. The van der Waals surface area contributed by atoms with Crippen LogP contribution in [-0.2, 0) is 14.8 Å². The molecule has 1 fully saturated rings. The standard InChI is InChI=1S/C14H18FNO4S/c1-9-6-11(14(17)18)8-16(7-9)21(19,20)13-10(2)4-3-5-12(13)15/h3-5,9,11H,6-8H2,1-2H3,(H,17,18). The van der Waals surface area contributed by atoms with Crippen LogP contribution in [0.25, 0.3) is 0 Å². The Hall–Kier alpha value is -1.47. The third-order valence-electron chi connectivity index (χ3n) is 3.74. The Bertz CT molecular complexity index is 639.